The number of nitrogen functional groups attached to an aromatic ring is 1. The molecule has 0 aliphatic rings. The van der Waals surface area contributed by atoms with Gasteiger partial charge in [0.05, 0.1) is 16.5 Å². The molecule has 1 atom stereocenters. The molecule has 3 rings (SSSR count). The van der Waals surface area contributed by atoms with Gasteiger partial charge in [0.25, 0.3) is 0 Å². The van der Waals surface area contributed by atoms with E-state index in [0.717, 1.165) is 21.1 Å². The largest absolute Gasteiger partial charge is 0.384 e. The van der Waals surface area contributed by atoms with E-state index >= 15 is 0 Å². The lowest BCUT2D eigenvalue weighted by Gasteiger charge is -2.11. The van der Waals surface area contributed by atoms with Crippen molar-refractivity contribution >= 4 is 56.0 Å². The van der Waals surface area contributed by atoms with Gasteiger partial charge < -0.3 is 10.7 Å². The second-order valence-electron chi connectivity index (χ2n) is 4.73. The number of hydrogen-bond acceptors (Lipinski definition) is 6. The first-order valence-corrected chi connectivity index (χ1v) is 8.57. The number of H-pyrrole nitrogens is 1. The summed E-state index contributed by atoms with van der Waals surface area (Å²) in [6.45, 7) is 1.97. The average Bonchev–Trinajstić information content (AvgIpc) is 2.88. The maximum absolute atomic E-state index is 8.96. The third kappa shape index (κ3) is 3.27. The average molecular weight is 410 g/mol. The number of fused-ring (bicyclic) bond motifs is 1. The third-order valence-corrected chi connectivity index (χ3v) is 5.05. The molecular weight excluding hydrogens is 400 g/mol. The SMILES string of the molecule is CC(Sc1nc(N)cc(C#N)n1)c1cc2c(Br)c[nH]c2c(Cl)n1. The summed E-state index contributed by atoms with van der Waals surface area (Å²) in [7, 11) is 0. The van der Waals surface area contributed by atoms with Crippen LogP contribution in [0, 0.1) is 11.3 Å². The highest BCUT2D eigenvalue weighted by Crippen LogP contribution is 2.36. The van der Waals surface area contributed by atoms with Crippen molar-refractivity contribution in [2.24, 2.45) is 0 Å². The Hall–Kier alpha value is -1.82. The van der Waals surface area contributed by atoms with Gasteiger partial charge in [-0.05, 0) is 28.9 Å². The van der Waals surface area contributed by atoms with Crippen molar-refractivity contribution in [1.29, 1.82) is 5.26 Å². The summed E-state index contributed by atoms with van der Waals surface area (Å²) in [5.74, 6) is 0.265. The van der Waals surface area contributed by atoms with Gasteiger partial charge in [-0.15, -0.1) is 0 Å². The Balaban J connectivity index is 1.94. The normalized spacial score (nSPS) is 12.3. The lowest BCUT2D eigenvalue weighted by molar-refractivity contribution is 0.936. The molecule has 0 bridgehead atoms. The van der Waals surface area contributed by atoms with E-state index in [1.807, 2.05) is 25.3 Å². The lowest BCUT2D eigenvalue weighted by atomic mass is 10.2. The highest BCUT2D eigenvalue weighted by molar-refractivity contribution is 9.10. The Labute approximate surface area is 149 Å². The standard InChI is InChI=1S/C14H10BrClN6S/c1-6(23-14-20-7(4-17)2-11(18)22-14)10-3-8-9(15)5-19-12(8)13(16)21-10/h2-3,5-6,19H,1H3,(H2,18,20,22). The molecule has 23 heavy (non-hydrogen) atoms. The highest BCUT2D eigenvalue weighted by Gasteiger charge is 2.16. The number of nitrogens with one attached hydrogen (secondary N) is 1. The van der Waals surface area contributed by atoms with Gasteiger partial charge in [0.2, 0.25) is 0 Å². The van der Waals surface area contributed by atoms with Gasteiger partial charge in [0.15, 0.2) is 10.3 Å². The van der Waals surface area contributed by atoms with Crippen LogP contribution in [0.25, 0.3) is 10.9 Å². The summed E-state index contributed by atoms with van der Waals surface area (Å²) < 4.78 is 0.919. The van der Waals surface area contributed by atoms with Crippen molar-refractivity contribution in [3.05, 3.63) is 39.3 Å². The van der Waals surface area contributed by atoms with Gasteiger partial charge in [-0.3, -0.25) is 0 Å². The molecule has 3 aromatic heterocycles. The van der Waals surface area contributed by atoms with Crippen LogP contribution in [0.2, 0.25) is 5.15 Å². The van der Waals surface area contributed by atoms with Crippen LogP contribution in [0.15, 0.2) is 28.0 Å². The van der Waals surface area contributed by atoms with E-state index in [9.17, 15) is 0 Å². The van der Waals surface area contributed by atoms with E-state index < -0.39 is 0 Å². The first-order chi connectivity index (χ1) is 11.0. The fourth-order valence-electron chi connectivity index (χ4n) is 2.05. The van der Waals surface area contributed by atoms with Gasteiger partial charge in [-0.1, -0.05) is 23.4 Å². The van der Waals surface area contributed by atoms with Crippen molar-refractivity contribution in [2.45, 2.75) is 17.3 Å². The number of anilines is 1. The van der Waals surface area contributed by atoms with Gasteiger partial charge >= 0.3 is 0 Å². The van der Waals surface area contributed by atoms with Crippen LogP contribution in [-0.2, 0) is 0 Å². The van der Waals surface area contributed by atoms with Crippen molar-refractivity contribution in [3.63, 3.8) is 0 Å². The van der Waals surface area contributed by atoms with E-state index in [4.69, 9.17) is 22.6 Å². The molecular formula is C14H10BrClN6S. The molecule has 3 N–H and O–H groups in total. The molecule has 0 aliphatic heterocycles. The molecule has 0 aromatic carbocycles. The molecule has 0 amide bonds. The molecule has 0 saturated heterocycles. The number of nitriles is 1. The second-order valence-corrected chi connectivity index (χ2v) is 7.25. The molecule has 9 heteroatoms. The zero-order valence-corrected chi connectivity index (χ0v) is 15.0. The zero-order valence-electron chi connectivity index (χ0n) is 11.8. The minimum atomic E-state index is -0.0629. The quantitative estimate of drug-likeness (QED) is 0.384. The van der Waals surface area contributed by atoms with Gasteiger partial charge in [0, 0.05) is 22.1 Å². The number of aromatic nitrogens is 4. The summed E-state index contributed by atoms with van der Waals surface area (Å²) in [4.78, 5) is 15.8. The van der Waals surface area contributed by atoms with Crippen molar-refractivity contribution in [2.75, 3.05) is 5.73 Å². The molecule has 116 valence electrons. The molecule has 0 radical (unpaired) electrons. The predicted molar refractivity (Wildman–Crippen MR) is 94.2 cm³/mol. The Kier molecular flexibility index (Phi) is 4.43. The predicted octanol–water partition coefficient (Wildman–Crippen LogP) is 4.08. The second kappa shape index (κ2) is 6.35. The first-order valence-electron chi connectivity index (χ1n) is 6.52. The molecule has 0 aliphatic carbocycles. The smallest absolute Gasteiger partial charge is 0.191 e. The minimum Gasteiger partial charge on any atom is -0.384 e. The number of pyridine rings is 1. The molecule has 3 aromatic rings. The number of nitrogens with zero attached hydrogens (tertiary/aromatic N) is 4. The summed E-state index contributed by atoms with van der Waals surface area (Å²) in [6.07, 6.45) is 1.82. The van der Waals surface area contributed by atoms with Crippen molar-refractivity contribution < 1.29 is 0 Å². The van der Waals surface area contributed by atoms with Crippen LogP contribution in [0.5, 0.6) is 0 Å². The van der Waals surface area contributed by atoms with Crippen LogP contribution < -0.4 is 5.73 Å². The highest BCUT2D eigenvalue weighted by atomic mass is 79.9. The summed E-state index contributed by atoms with van der Waals surface area (Å²) in [5, 5.41) is 10.7. The zero-order chi connectivity index (χ0) is 16.6. The first kappa shape index (κ1) is 16.1. The van der Waals surface area contributed by atoms with Crippen LogP contribution in [0.1, 0.15) is 23.6 Å². The van der Waals surface area contributed by atoms with E-state index in [1.54, 1.807) is 0 Å². The molecule has 3 heterocycles. The maximum atomic E-state index is 8.96. The molecule has 1 unspecified atom stereocenters. The Morgan fingerprint density at radius 1 is 1.39 bits per heavy atom. The maximum Gasteiger partial charge on any atom is 0.191 e. The van der Waals surface area contributed by atoms with E-state index in [2.05, 4.69) is 35.9 Å². The Bertz CT molecular complexity index is 935. The number of aromatic amines is 1. The summed E-state index contributed by atoms with van der Waals surface area (Å²) in [5.41, 5.74) is 7.50. The van der Waals surface area contributed by atoms with Gasteiger partial charge in [0.1, 0.15) is 17.6 Å². The Morgan fingerprint density at radius 3 is 2.91 bits per heavy atom. The van der Waals surface area contributed by atoms with E-state index in [0.29, 0.717) is 10.3 Å². The molecule has 0 fully saturated rings. The van der Waals surface area contributed by atoms with E-state index in [1.165, 1.54) is 17.8 Å². The van der Waals surface area contributed by atoms with Crippen LogP contribution in [0.3, 0.4) is 0 Å². The number of hydrogen-bond donors (Lipinski definition) is 2. The fraction of sp³-hybridized carbons (Fsp3) is 0.143. The number of thioether (sulfide) groups is 1. The minimum absolute atomic E-state index is 0.0629. The number of nitrogens with two attached hydrogens (primary N) is 1. The molecule has 0 spiro atoms. The summed E-state index contributed by atoms with van der Waals surface area (Å²) >= 11 is 11.1. The van der Waals surface area contributed by atoms with Crippen LogP contribution in [-0.4, -0.2) is 19.9 Å². The fourth-order valence-corrected chi connectivity index (χ4v) is 3.60. The monoisotopic (exact) mass is 408 g/mol. The number of halogens is 2. The number of rotatable bonds is 3. The van der Waals surface area contributed by atoms with Gasteiger partial charge in [-0.25, -0.2) is 15.0 Å². The topological polar surface area (TPSA) is 104 Å². The Morgan fingerprint density at radius 2 is 2.17 bits per heavy atom. The molecule has 0 saturated carbocycles. The van der Waals surface area contributed by atoms with Gasteiger partial charge in [-0.2, -0.15) is 5.26 Å². The van der Waals surface area contributed by atoms with Crippen molar-refractivity contribution in [3.8, 4) is 6.07 Å². The lowest BCUT2D eigenvalue weighted by Crippen LogP contribution is -2.00. The van der Waals surface area contributed by atoms with E-state index in [-0.39, 0.29) is 16.8 Å². The summed E-state index contributed by atoms with van der Waals surface area (Å²) in [6, 6.07) is 5.36. The van der Waals surface area contributed by atoms with Crippen LogP contribution in [0.4, 0.5) is 5.82 Å². The van der Waals surface area contributed by atoms with Crippen molar-refractivity contribution in [1.82, 2.24) is 19.9 Å². The molecule has 6 nitrogen and oxygen atoms in total. The third-order valence-electron chi connectivity index (χ3n) is 3.13. The van der Waals surface area contributed by atoms with Crippen LogP contribution >= 0.6 is 39.3 Å².